The van der Waals surface area contributed by atoms with Gasteiger partial charge in [0, 0.05) is 10.6 Å². The zero-order valence-corrected chi connectivity index (χ0v) is 12.5. The molecule has 4 bridgehead atoms. The van der Waals surface area contributed by atoms with Crippen molar-refractivity contribution in [3.63, 3.8) is 0 Å². The summed E-state index contributed by atoms with van der Waals surface area (Å²) in [7, 11) is 0. The van der Waals surface area contributed by atoms with Crippen LogP contribution in [0, 0.1) is 5.82 Å². The Morgan fingerprint density at radius 1 is 1.00 bits per heavy atom. The topological polar surface area (TPSA) is 9.72 Å². The Labute approximate surface area is 127 Å². The molecule has 0 saturated carbocycles. The number of hydrogen-bond donors (Lipinski definition) is 0. The summed E-state index contributed by atoms with van der Waals surface area (Å²) >= 11 is 11.9. The molecule has 5 rings (SSSR count). The molecule has 0 amide bonds. The molecular formula is C13H16Cl2FN4+. The Morgan fingerprint density at radius 3 is 2.10 bits per heavy atom. The molecule has 7 heteroatoms. The lowest BCUT2D eigenvalue weighted by atomic mass is 10.1. The van der Waals surface area contributed by atoms with E-state index < -0.39 is 0 Å². The fourth-order valence-corrected chi connectivity index (χ4v) is 4.43. The maximum atomic E-state index is 14.2. The van der Waals surface area contributed by atoms with Crippen LogP contribution >= 0.6 is 23.2 Å². The summed E-state index contributed by atoms with van der Waals surface area (Å²) in [5.41, 5.74) is 0.619. The van der Waals surface area contributed by atoms with Crippen molar-refractivity contribution in [1.29, 1.82) is 0 Å². The van der Waals surface area contributed by atoms with Gasteiger partial charge in [-0.1, -0.05) is 23.2 Å². The smallest absolute Gasteiger partial charge is 0.150 e. The molecule has 0 spiro atoms. The second-order valence-corrected chi connectivity index (χ2v) is 7.07. The third-order valence-corrected chi connectivity index (χ3v) is 4.77. The molecule has 0 atom stereocenters. The number of hydrogen-bond acceptors (Lipinski definition) is 3. The number of rotatable bonds is 2. The highest BCUT2D eigenvalue weighted by molar-refractivity contribution is 6.34. The molecule has 0 radical (unpaired) electrons. The van der Waals surface area contributed by atoms with Crippen molar-refractivity contribution >= 4 is 23.2 Å². The van der Waals surface area contributed by atoms with Crippen molar-refractivity contribution < 1.29 is 8.87 Å². The van der Waals surface area contributed by atoms with Crippen LogP contribution in [0.4, 0.5) is 4.39 Å². The van der Waals surface area contributed by atoms with Crippen molar-refractivity contribution in [3.05, 3.63) is 33.6 Å². The fourth-order valence-electron chi connectivity index (χ4n) is 3.89. The minimum absolute atomic E-state index is 0.113. The number of nitrogens with zero attached hydrogens (tertiary/aromatic N) is 4. The Bertz CT molecular complexity index is 530. The largest absolute Gasteiger partial charge is 0.282 e. The van der Waals surface area contributed by atoms with Gasteiger partial charge >= 0.3 is 0 Å². The second-order valence-electron chi connectivity index (χ2n) is 6.22. The molecule has 1 aromatic rings. The monoisotopic (exact) mass is 317 g/mol. The molecular weight excluding hydrogens is 302 g/mol. The van der Waals surface area contributed by atoms with Gasteiger partial charge in [0.1, 0.15) is 26.6 Å². The first kappa shape index (κ1) is 13.2. The number of quaternary nitrogens is 1. The van der Waals surface area contributed by atoms with Crippen LogP contribution in [0.1, 0.15) is 5.56 Å². The maximum absolute atomic E-state index is 14.2. The van der Waals surface area contributed by atoms with Gasteiger partial charge < -0.3 is 0 Å². The number of benzene rings is 1. The molecule has 0 unspecified atom stereocenters. The van der Waals surface area contributed by atoms with Gasteiger partial charge in [0.15, 0.2) is 5.82 Å². The van der Waals surface area contributed by atoms with Gasteiger partial charge in [-0.3, -0.25) is 4.48 Å². The first-order valence-corrected chi connectivity index (χ1v) is 7.44. The van der Waals surface area contributed by atoms with E-state index in [4.69, 9.17) is 23.2 Å². The Kier molecular flexibility index (Phi) is 3.00. The molecule has 4 saturated heterocycles. The summed E-state index contributed by atoms with van der Waals surface area (Å²) in [5.74, 6) is -0.329. The minimum atomic E-state index is -0.329. The van der Waals surface area contributed by atoms with Crippen molar-refractivity contribution in [1.82, 2.24) is 14.7 Å². The minimum Gasteiger partial charge on any atom is -0.282 e. The van der Waals surface area contributed by atoms with E-state index in [0.29, 0.717) is 17.1 Å². The van der Waals surface area contributed by atoms with Gasteiger partial charge in [-0.25, -0.2) is 19.1 Å². The van der Waals surface area contributed by atoms with Crippen molar-refractivity contribution in [2.24, 2.45) is 0 Å². The molecule has 0 aliphatic carbocycles. The van der Waals surface area contributed by atoms with E-state index in [1.54, 1.807) is 6.07 Å². The molecule has 0 aromatic heterocycles. The van der Waals surface area contributed by atoms with Gasteiger partial charge in [0.25, 0.3) is 0 Å². The highest BCUT2D eigenvalue weighted by atomic mass is 35.5. The SMILES string of the molecule is Fc1c(Cl)cc(Cl)cc1C[N+]12CN3CN(CN(C3)C1)C2. The van der Waals surface area contributed by atoms with E-state index in [1.807, 2.05) is 0 Å². The van der Waals surface area contributed by atoms with Crippen LogP contribution in [0.3, 0.4) is 0 Å². The lowest BCUT2D eigenvalue weighted by Crippen LogP contribution is -2.78. The second kappa shape index (κ2) is 4.53. The zero-order chi connectivity index (χ0) is 13.9. The van der Waals surface area contributed by atoms with E-state index >= 15 is 0 Å². The zero-order valence-electron chi connectivity index (χ0n) is 11.0. The van der Waals surface area contributed by atoms with Gasteiger partial charge in [0.2, 0.25) is 0 Å². The van der Waals surface area contributed by atoms with Crippen LogP contribution in [-0.4, -0.2) is 59.2 Å². The summed E-state index contributed by atoms with van der Waals surface area (Å²) < 4.78 is 15.1. The average molecular weight is 318 g/mol. The van der Waals surface area contributed by atoms with E-state index in [2.05, 4.69) is 14.7 Å². The quantitative estimate of drug-likeness (QED) is 0.611. The molecule has 4 nitrogen and oxygen atoms in total. The van der Waals surface area contributed by atoms with E-state index in [1.165, 1.54) is 6.07 Å². The predicted molar refractivity (Wildman–Crippen MR) is 75.1 cm³/mol. The standard InChI is InChI=1S/C13H16Cl2FN4/c14-11-1-10(13(16)12(15)2-11)3-20-7-17-4-18(8-20)6-19(5-17)9-20/h1-2H,3-9H2/q+1. The summed E-state index contributed by atoms with van der Waals surface area (Å²) in [4.78, 5) is 7.21. The molecule has 20 heavy (non-hydrogen) atoms. The fraction of sp³-hybridized carbons (Fsp3) is 0.538. The third kappa shape index (κ3) is 2.13. The Hall–Kier alpha value is -0.430. The van der Waals surface area contributed by atoms with E-state index in [0.717, 1.165) is 44.5 Å². The van der Waals surface area contributed by atoms with E-state index in [9.17, 15) is 4.39 Å². The van der Waals surface area contributed by atoms with Crippen LogP contribution in [0.5, 0.6) is 0 Å². The van der Waals surface area contributed by atoms with Crippen molar-refractivity contribution in [3.8, 4) is 0 Å². The highest BCUT2D eigenvalue weighted by Crippen LogP contribution is 2.33. The van der Waals surface area contributed by atoms with Crippen molar-refractivity contribution in [2.45, 2.75) is 6.54 Å². The average Bonchev–Trinajstić information content (AvgIpc) is 2.33. The number of halogens is 3. The first-order valence-electron chi connectivity index (χ1n) is 6.69. The van der Waals surface area contributed by atoms with Crippen LogP contribution in [-0.2, 0) is 6.54 Å². The normalized spacial score (nSPS) is 38.5. The lowest BCUT2D eigenvalue weighted by Gasteiger charge is -2.60. The van der Waals surface area contributed by atoms with Gasteiger partial charge in [0.05, 0.1) is 25.0 Å². The maximum Gasteiger partial charge on any atom is 0.150 e. The van der Waals surface area contributed by atoms with E-state index in [-0.39, 0.29) is 10.8 Å². The Balaban J connectivity index is 1.66. The van der Waals surface area contributed by atoms with Crippen LogP contribution in [0.15, 0.2) is 12.1 Å². The van der Waals surface area contributed by atoms with Crippen LogP contribution < -0.4 is 0 Å². The first-order chi connectivity index (χ1) is 9.53. The summed E-state index contributed by atoms with van der Waals surface area (Å²) in [6, 6.07) is 3.17. The van der Waals surface area contributed by atoms with Crippen LogP contribution in [0.25, 0.3) is 0 Å². The molecule has 4 aliphatic rings. The van der Waals surface area contributed by atoms with Gasteiger partial charge in [-0.05, 0) is 12.1 Å². The molecule has 4 aliphatic heterocycles. The molecule has 1 aromatic carbocycles. The molecule has 4 fully saturated rings. The van der Waals surface area contributed by atoms with Gasteiger partial charge in [-0.2, -0.15) is 0 Å². The summed E-state index contributed by atoms with van der Waals surface area (Å²) in [6.07, 6.45) is 0. The Morgan fingerprint density at radius 2 is 1.55 bits per heavy atom. The van der Waals surface area contributed by atoms with Crippen molar-refractivity contribution in [2.75, 3.05) is 40.0 Å². The lowest BCUT2D eigenvalue weighted by molar-refractivity contribution is -0.991. The summed E-state index contributed by atoms with van der Waals surface area (Å²) in [6.45, 7) is 6.61. The summed E-state index contributed by atoms with van der Waals surface area (Å²) in [5, 5.41) is 0.614. The van der Waals surface area contributed by atoms with Gasteiger partial charge in [-0.15, -0.1) is 0 Å². The third-order valence-electron chi connectivity index (χ3n) is 4.27. The molecule has 108 valence electrons. The highest BCUT2D eigenvalue weighted by Gasteiger charge is 2.48. The molecule has 4 heterocycles. The molecule has 0 N–H and O–H groups in total. The van der Waals surface area contributed by atoms with Crippen LogP contribution in [0.2, 0.25) is 10.0 Å². The predicted octanol–water partition coefficient (Wildman–Crippen LogP) is 2.14.